The van der Waals surface area contributed by atoms with Crippen molar-refractivity contribution in [1.82, 2.24) is 37.2 Å². The summed E-state index contributed by atoms with van der Waals surface area (Å²) in [5, 5.41) is 41.3. The standard InChI is InChI=1S/C27H49N9O5/c1-26(16-30-11-13-32-18-27(29,34-10-9-28)19-33-14-12-31-17-26)36-24(39)4-2-3-23(38)35-22(25(40)41)15-20-5-7-21(37)8-6-20/h5-8,22,30-34,37H,2-4,9-19,28-29H2,1H3,(H,35,38)(H,36,39)(H,40,41)/t22-,26?,27?/m0/s1. The van der Waals surface area contributed by atoms with Crippen LogP contribution in [0.2, 0.25) is 0 Å². The maximum Gasteiger partial charge on any atom is 0.326 e. The molecule has 0 unspecified atom stereocenters. The lowest BCUT2D eigenvalue weighted by molar-refractivity contribution is -0.141. The van der Waals surface area contributed by atoms with Crippen molar-refractivity contribution in [3.8, 4) is 5.75 Å². The lowest BCUT2D eigenvalue weighted by atomic mass is 10.0. The third kappa shape index (κ3) is 14.1. The number of amides is 2. The number of carboxylic acids is 1. The molecule has 0 bridgehead atoms. The van der Waals surface area contributed by atoms with E-state index in [1.165, 1.54) is 12.1 Å². The molecule has 232 valence electrons. The first-order chi connectivity index (χ1) is 19.5. The van der Waals surface area contributed by atoms with Crippen molar-refractivity contribution in [2.45, 2.75) is 49.9 Å². The molecule has 41 heavy (non-hydrogen) atoms. The summed E-state index contributed by atoms with van der Waals surface area (Å²) in [4.78, 5) is 36.8. The maximum absolute atomic E-state index is 12.8. The second kappa shape index (κ2) is 17.9. The number of nitrogens with one attached hydrogen (secondary N) is 7. The SMILES string of the molecule is CC1(NC(=O)CCCC(=O)N[C@@H](Cc2ccc(O)cc2)C(=O)O)CNCCNCC(N)(NCCN)CNCCNC1. The highest BCUT2D eigenvalue weighted by Gasteiger charge is 2.27. The van der Waals surface area contributed by atoms with Crippen LogP contribution in [0.25, 0.3) is 0 Å². The second-order valence-corrected chi connectivity index (χ2v) is 10.9. The first kappa shape index (κ1) is 34.4. The van der Waals surface area contributed by atoms with Gasteiger partial charge < -0.3 is 53.6 Å². The summed E-state index contributed by atoms with van der Waals surface area (Å²) in [5.74, 6) is -1.69. The number of phenolic OH excluding ortho intramolecular Hbond substituents is 1. The van der Waals surface area contributed by atoms with Gasteiger partial charge in [-0.15, -0.1) is 0 Å². The average molecular weight is 580 g/mol. The van der Waals surface area contributed by atoms with Crippen LogP contribution in [0.1, 0.15) is 31.7 Å². The van der Waals surface area contributed by atoms with Gasteiger partial charge in [0, 0.05) is 84.7 Å². The van der Waals surface area contributed by atoms with E-state index in [2.05, 4.69) is 37.2 Å². The number of phenols is 1. The third-order valence-corrected chi connectivity index (χ3v) is 6.75. The molecule has 1 heterocycles. The Morgan fingerprint density at radius 1 is 0.927 bits per heavy atom. The van der Waals surface area contributed by atoms with Gasteiger partial charge in [-0.1, -0.05) is 12.1 Å². The van der Waals surface area contributed by atoms with Crippen molar-refractivity contribution in [2.24, 2.45) is 11.5 Å². The van der Waals surface area contributed by atoms with Crippen LogP contribution < -0.4 is 48.7 Å². The number of hydrogen-bond donors (Lipinski definition) is 11. The number of hydrogen-bond acceptors (Lipinski definition) is 11. The lowest BCUT2D eigenvalue weighted by Gasteiger charge is -2.34. The quantitative estimate of drug-likeness (QED) is 0.112. The van der Waals surface area contributed by atoms with Gasteiger partial charge >= 0.3 is 5.97 Å². The van der Waals surface area contributed by atoms with Gasteiger partial charge in [0.2, 0.25) is 11.8 Å². The van der Waals surface area contributed by atoms with Crippen LogP contribution in [0, 0.1) is 0 Å². The summed E-state index contributed by atoms with van der Waals surface area (Å²) in [6, 6.07) is 5.04. The Hall–Kier alpha value is -2.85. The average Bonchev–Trinajstić information content (AvgIpc) is 2.92. The third-order valence-electron chi connectivity index (χ3n) is 6.75. The minimum Gasteiger partial charge on any atom is -0.508 e. The molecule has 0 aromatic heterocycles. The van der Waals surface area contributed by atoms with Crippen molar-refractivity contribution in [1.29, 1.82) is 0 Å². The maximum atomic E-state index is 12.8. The summed E-state index contributed by atoms with van der Waals surface area (Å²) in [6.07, 6.45) is 0.535. The van der Waals surface area contributed by atoms with Crippen LogP contribution >= 0.6 is 0 Å². The molecule has 0 saturated carbocycles. The van der Waals surface area contributed by atoms with Gasteiger partial charge in [-0.25, -0.2) is 4.79 Å². The Morgan fingerprint density at radius 2 is 1.46 bits per heavy atom. The monoisotopic (exact) mass is 579 g/mol. The van der Waals surface area contributed by atoms with E-state index in [-0.39, 0.29) is 37.3 Å². The molecule has 1 aliphatic rings. The fourth-order valence-electron chi connectivity index (χ4n) is 4.51. The van der Waals surface area contributed by atoms with Gasteiger partial charge in [-0.05, 0) is 31.0 Å². The van der Waals surface area contributed by atoms with Gasteiger partial charge in [0.1, 0.15) is 11.8 Å². The number of nitrogens with two attached hydrogens (primary N) is 2. The molecule has 1 fully saturated rings. The Kier molecular flexibility index (Phi) is 15.0. The van der Waals surface area contributed by atoms with E-state index in [4.69, 9.17) is 11.5 Å². The van der Waals surface area contributed by atoms with E-state index in [9.17, 15) is 24.6 Å². The van der Waals surface area contributed by atoms with Gasteiger partial charge in [-0.2, -0.15) is 0 Å². The van der Waals surface area contributed by atoms with Gasteiger partial charge in [0.15, 0.2) is 0 Å². The summed E-state index contributed by atoms with van der Waals surface area (Å²) in [5.41, 5.74) is 11.6. The summed E-state index contributed by atoms with van der Waals surface area (Å²) in [6.45, 7) is 8.07. The number of benzene rings is 1. The highest BCUT2D eigenvalue weighted by molar-refractivity contribution is 5.84. The molecule has 14 nitrogen and oxygen atoms in total. The normalized spacial score (nSPS) is 23.6. The minimum absolute atomic E-state index is 0.0279. The molecular weight excluding hydrogens is 530 g/mol. The lowest BCUT2D eigenvalue weighted by Crippen LogP contribution is -2.66. The van der Waals surface area contributed by atoms with Crippen molar-refractivity contribution in [3.63, 3.8) is 0 Å². The van der Waals surface area contributed by atoms with E-state index in [0.717, 1.165) is 0 Å². The van der Waals surface area contributed by atoms with Crippen LogP contribution in [-0.2, 0) is 20.8 Å². The molecule has 2 rings (SSSR count). The fourth-order valence-corrected chi connectivity index (χ4v) is 4.51. The molecule has 1 saturated heterocycles. The van der Waals surface area contributed by atoms with Crippen LogP contribution in [0.5, 0.6) is 5.75 Å². The molecule has 1 aromatic carbocycles. The van der Waals surface area contributed by atoms with Crippen LogP contribution in [0.3, 0.4) is 0 Å². The number of aliphatic carboxylic acids is 1. The van der Waals surface area contributed by atoms with E-state index in [1.807, 2.05) is 6.92 Å². The Morgan fingerprint density at radius 3 is 2.00 bits per heavy atom. The van der Waals surface area contributed by atoms with Crippen LogP contribution in [-0.4, -0.2) is 111 Å². The molecular formula is C27H49N9O5. The number of rotatable bonds is 12. The summed E-state index contributed by atoms with van der Waals surface area (Å²) in [7, 11) is 0. The topological polar surface area (TPSA) is 228 Å². The zero-order valence-electron chi connectivity index (χ0n) is 24.1. The molecule has 0 spiro atoms. The number of carbonyl (C=O) groups is 3. The smallest absolute Gasteiger partial charge is 0.326 e. The largest absolute Gasteiger partial charge is 0.508 e. The number of carboxylic acid groups (broad SMARTS) is 1. The van der Waals surface area contributed by atoms with Gasteiger partial charge in [0.05, 0.1) is 11.2 Å². The second-order valence-electron chi connectivity index (χ2n) is 10.9. The van der Waals surface area contributed by atoms with Crippen molar-refractivity contribution in [3.05, 3.63) is 29.8 Å². The predicted molar refractivity (Wildman–Crippen MR) is 157 cm³/mol. The molecule has 1 atom stereocenters. The van der Waals surface area contributed by atoms with Crippen LogP contribution in [0.4, 0.5) is 0 Å². The zero-order valence-corrected chi connectivity index (χ0v) is 24.1. The van der Waals surface area contributed by atoms with Crippen molar-refractivity contribution in [2.75, 3.05) is 65.4 Å². The molecule has 1 aromatic rings. The van der Waals surface area contributed by atoms with E-state index in [1.54, 1.807) is 12.1 Å². The number of carbonyl (C=O) groups excluding carboxylic acids is 2. The Balaban J connectivity index is 1.78. The van der Waals surface area contributed by atoms with Crippen molar-refractivity contribution >= 4 is 17.8 Å². The molecule has 0 radical (unpaired) electrons. The van der Waals surface area contributed by atoms with Gasteiger partial charge in [0.25, 0.3) is 0 Å². The molecule has 2 amide bonds. The molecule has 13 N–H and O–H groups in total. The first-order valence-electron chi connectivity index (χ1n) is 14.2. The summed E-state index contributed by atoms with van der Waals surface area (Å²) < 4.78 is 0. The zero-order chi connectivity index (χ0) is 30.1. The Labute approximate surface area is 242 Å². The van der Waals surface area contributed by atoms with Crippen molar-refractivity contribution < 1.29 is 24.6 Å². The molecule has 0 aliphatic carbocycles. The van der Waals surface area contributed by atoms with E-state index < -0.39 is 29.1 Å². The number of aromatic hydroxyl groups is 1. The predicted octanol–water partition coefficient (Wildman–Crippen LogP) is -2.88. The van der Waals surface area contributed by atoms with E-state index >= 15 is 0 Å². The molecule has 1 aliphatic heterocycles. The first-order valence-corrected chi connectivity index (χ1v) is 14.2. The fraction of sp³-hybridized carbons (Fsp3) is 0.667. The van der Waals surface area contributed by atoms with E-state index in [0.29, 0.717) is 71.0 Å². The highest BCUT2D eigenvalue weighted by atomic mass is 16.4. The minimum atomic E-state index is -1.15. The van der Waals surface area contributed by atoms with Crippen LogP contribution in [0.15, 0.2) is 24.3 Å². The van der Waals surface area contributed by atoms with Gasteiger partial charge in [-0.3, -0.25) is 14.9 Å². The Bertz CT molecular complexity index is 932. The highest BCUT2D eigenvalue weighted by Crippen LogP contribution is 2.12. The molecule has 14 heteroatoms. The summed E-state index contributed by atoms with van der Waals surface area (Å²) >= 11 is 0.